The Morgan fingerprint density at radius 1 is 1.10 bits per heavy atom. The van der Waals surface area contributed by atoms with Crippen LogP contribution in [0, 0.1) is 0 Å². The lowest BCUT2D eigenvalue weighted by Gasteiger charge is -2.23. The van der Waals surface area contributed by atoms with E-state index in [-0.39, 0.29) is 5.92 Å². The number of benzene rings is 1. The van der Waals surface area contributed by atoms with Crippen molar-refractivity contribution in [3.05, 3.63) is 29.8 Å². The fraction of sp³-hybridized carbons (Fsp3) is 0.667. The first-order valence-corrected chi connectivity index (χ1v) is 8.25. The molecule has 0 aliphatic rings. The van der Waals surface area contributed by atoms with Crippen LogP contribution >= 0.6 is 0 Å². The van der Waals surface area contributed by atoms with Gasteiger partial charge in [-0.1, -0.05) is 63.6 Å². The molecule has 120 valence electrons. The highest BCUT2D eigenvalue weighted by atomic mass is 16.5. The first-order valence-electron chi connectivity index (χ1n) is 8.25. The van der Waals surface area contributed by atoms with E-state index in [0.717, 1.165) is 24.2 Å². The van der Waals surface area contributed by atoms with Gasteiger partial charge in [-0.2, -0.15) is 0 Å². The number of hydrogen-bond donors (Lipinski definition) is 2. The fourth-order valence-electron chi connectivity index (χ4n) is 2.80. The van der Waals surface area contributed by atoms with Crippen LogP contribution in [0.3, 0.4) is 0 Å². The monoisotopic (exact) mass is 293 g/mol. The summed E-state index contributed by atoms with van der Waals surface area (Å²) in [5.74, 6) is 0.770. The molecule has 3 heteroatoms. The van der Waals surface area contributed by atoms with E-state index in [9.17, 15) is 5.11 Å². The maximum atomic E-state index is 10.4. The predicted octanol–water partition coefficient (Wildman–Crippen LogP) is 3.85. The van der Waals surface area contributed by atoms with Gasteiger partial charge in [0.15, 0.2) is 0 Å². The zero-order valence-electron chi connectivity index (χ0n) is 13.6. The number of aliphatic hydroxyl groups is 1. The van der Waals surface area contributed by atoms with Crippen molar-refractivity contribution in [2.24, 2.45) is 5.73 Å². The number of para-hydroxylation sites is 1. The zero-order chi connectivity index (χ0) is 15.5. The predicted molar refractivity (Wildman–Crippen MR) is 88.8 cm³/mol. The van der Waals surface area contributed by atoms with Gasteiger partial charge in [0.05, 0.1) is 13.2 Å². The molecule has 2 unspecified atom stereocenters. The van der Waals surface area contributed by atoms with Crippen LogP contribution in [0.1, 0.15) is 63.4 Å². The van der Waals surface area contributed by atoms with Gasteiger partial charge in [-0.15, -0.1) is 0 Å². The lowest BCUT2D eigenvalue weighted by Crippen LogP contribution is -2.26. The molecule has 3 nitrogen and oxygen atoms in total. The van der Waals surface area contributed by atoms with Crippen LogP contribution in [0.25, 0.3) is 0 Å². The first-order chi connectivity index (χ1) is 10.2. The summed E-state index contributed by atoms with van der Waals surface area (Å²) in [6.07, 6.45) is 7.84. The number of hydrogen-bond acceptors (Lipinski definition) is 3. The van der Waals surface area contributed by atoms with Gasteiger partial charge in [0.2, 0.25) is 0 Å². The van der Waals surface area contributed by atoms with Gasteiger partial charge >= 0.3 is 0 Å². The molecular weight excluding hydrogens is 262 g/mol. The molecule has 0 bridgehead atoms. The normalized spacial score (nSPS) is 13.9. The van der Waals surface area contributed by atoms with Crippen molar-refractivity contribution >= 4 is 0 Å². The molecule has 0 aliphatic carbocycles. The molecule has 0 radical (unpaired) electrons. The summed E-state index contributed by atoms with van der Waals surface area (Å²) in [5, 5.41) is 10.4. The maximum Gasteiger partial charge on any atom is 0.122 e. The second-order valence-electron chi connectivity index (χ2n) is 5.71. The highest BCUT2D eigenvalue weighted by Crippen LogP contribution is 2.30. The van der Waals surface area contributed by atoms with E-state index in [1.807, 2.05) is 24.3 Å². The molecule has 21 heavy (non-hydrogen) atoms. The lowest BCUT2D eigenvalue weighted by atomic mass is 9.89. The SMILES string of the molecule is CCCCCCCCC(O)C(CN)c1ccccc1OC. The minimum absolute atomic E-state index is 0.0446. The van der Waals surface area contributed by atoms with Crippen LogP contribution in [-0.2, 0) is 0 Å². The number of rotatable bonds is 11. The summed E-state index contributed by atoms with van der Waals surface area (Å²) in [6, 6.07) is 7.84. The minimum Gasteiger partial charge on any atom is -0.496 e. The summed E-state index contributed by atoms with van der Waals surface area (Å²) in [6.45, 7) is 2.67. The van der Waals surface area contributed by atoms with Crippen molar-refractivity contribution in [2.45, 2.75) is 63.9 Å². The fourth-order valence-corrected chi connectivity index (χ4v) is 2.80. The van der Waals surface area contributed by atoms with Gasteiger partial charge < -0.3 is 15.6 Å². The van der Waals surface area contributed by atoms with Gasteiger partial charge in [-0.3, -0.25) is 0 Å². The molecule has 0 saturated heterocycles. The molecule has 0 amide bonds. The average Bonchev–Trinajstić information content (AvgIpc) is 2.52. The van der Waals surface area contributed by atoms with E-state index in [4.69, 9.17) is 10.5 Å². The molecule has 0 spiro atoms. The van der Waals surface area contributed by atoms with Crippen LogP contribution < -0.4 is 10.5 Å². The maximum absolute atomic E-state index is 10.4. The zero-order valence-corrected chi connectivity index (χ0v) is 13.6. The molecule has 1 aromatic rings. The minimum atomic E-state index is -0.391. The van der Waals surface area contributed by atoms with E-state index in [1.165, 1.54) is 32.1 Å². The van der Waals surface area contributed by atoms with Crippen molar-refractivity contribution in [1.29, 1.82) is 0 Å². The largest absolute Gasteiger partial charge is 0.496 e. The molecule has 1 rings (SSSR count). The van der Waals surface area contributed by atoms with Crippen LogP contribution in [0.15, 0.2) is 24.3 Å². The average molecular weight is 293 g/mol. The Morgan fingerprint density at radius 2 is 1.76 bits per heavy atom. The van der Waals surface area contributed by atoms with Gasteiger partial charge in [-0.25, -0.2) is 0 Å². The Labute approximate surface area is 129 Å². The molecular formula is C18H31NO2. The van der Waals surface area contributed by atoms with Gasteiger partial charge in [0.25, 0.3) is 0 Å². The molecule has 1 aromatic carbocycles. The molecule has 0 fully saturated rings. The lowest BCUT2D eigenvalue weighted by molar-refractivity contribution is 0.131. The van der Waals surface area contributed by atoms with Crippen LogP contribution in [-0.4, -0.2) is 24.9 Å². The highest BCUT2D eigenvalue weighted by molar-refractivity contribution is 5.37. The molecule has 0 aliphatic heterocycles. The Bertz CT molecular complexity index is 381. The molecule has 0 aromatic heterocycles. The van der Waals surface area contributed by atoms with Gasteiger partial charge in [0.1, 0.15) is 5.75 Å². The summed E-state index contributed by atoms with van der Waals surface area (Å²) in [5.41, 5.74) is 6.90. The number of unbranched alkanes of at least 4 members (excludes halogenated alkanes) is 5. The van der Waals surface area contributed by atoms with Crippen molar-refractivity contribution in [2.75, 3.05) is 13.7 Å². The van der Waals surface area contributed by atoms with Gasteiger partial charge in [-0.05, 0) is 12.5 Å². The Morgan fingerprint density at radius 3 is 2.43 bits per heavy atom. The number of methoxy groups -OCH3 is 1. The van der Waals surface area contributed by atoms with Crippen molar-refractivity contribution in [1.82, 2.24) is 0 Å². The van der Waals surface area contributed by atoms with E-state index in [0.29, 0.717) is 6.54 Å². The Hall–Kier alpha value is -1.06. The second kappa shape index (κ2) is 10.6. The molecule has 0 saturated carbocycles. The summed E-state index contributed by atoms with van der Waals surface area (Å²) >= 11 is 0. The van der Waals surface area contributed by atoms with E-state index in [1.54, 1.807) is 7.11 Å². The number of nitrogens with two attached hydrogens (primary N) is 1. The summed E-state index contributed by atoms with van der Waals surface area (Å²) in [7, 11) is 1.66. The Kier molecular flexibility index (Phi) is 9.11. The summed E-state index contributed by atoms with van der Waals surface area (Å²) in [4.78, 5) is 0. The topological polar surface area (TPSA) is 55.5 Å². The highest BCUT2D eigenvalue weighted by Gasteiger charge is 2.22. The second-order valence-corrected chi connectivity index (χ2v) is 5.71. The molecule has 2 atom stereocenters. The van der Waals surface area contributed by atoms with Crippen LogP contribution in [0.5, 0.6) is 5.75 Å². The number of ether oxygens (including phenoxy) is 1. The Balaban J connectivity index is 2.47. The third-order valence-corrected chi connectivity index (χ3v) is 4.11. The first kappa shape index (κ1) is 18.0. The van der Waals surface area contributed by atoms with Crippen molar-refractivity contribution < 1.29 is 9.84 Å². The van der Waals surface area contributed by atoms with E-state index in [2.05, 4.69) is 6.92 Å². The smallest absolute Gasteiger partial charge is 0.122 e. The summed E-state index contributed by atoms with van der Waals surface area (Å²) < 4.78 is 5.38. The van der Waals surface area contributed by atoms with Crippen molar-refractivity contribution in [3.63, 3.8) is 0 Å². The van der Waals surface area contributed by atoms with E-state index >= 15 is 0 Å². The molecule has 3 N–H and O–H groups in total. The third-order valence-electron chi connectivity index (χ3n) is 4.11. The van der Waals surface area contributed by atoms with Crippen LogP contribution in [0.4, 0.5) is 0 Å². The van der Waals surface area contributed by atoms with Crippen LogP contribution in [0.2, 0.25) is 0 Å². The third kappa shape index (κ3) is 6.06. The van der Waals surface area contributed by atoms with Crippen molar-refractivity contribution in [3.8, 4) is 5.75 Å². The quantitative estimate of drug-likeness (QED) is 0.609. The van der Waals surface area contributed by atoms with E-state index < -0.39 is 6.10 Å². The number of aliphatic hydroxyl groups excluding tert-OH is 1. The molecule has 0 heterocycles. The standard InChI is InChI=1S/C18H31NO2/c1-3-4-5-6-7-8-12-17(20)16(14-19)15-11-9-10-13-18(15)21-2/h9-11,13,16-17,20H,3-8,12,14,19H2,1-2H3. The van der Waals surface area contributed by atoms with Gasteiger partial charge in [0, 0.05) is 18.0 Å².